The fraction of sp³-hybridized carbons (Fsp3) is 0.692. The van der Waals surface area contributed by atoms with E-state index >= 15 is 0 Å². The van der Waals surface area contributed by atoms with Gasteiger partial charge in [0.1, 0.15) is 0 Å². The van der Waals surface area contributed by atoms with Crippen LogP contribution in [0.4, 0.5) is 0 Å². The van der Waals surface area contributed by atoms with Crippen LogP contribution in [0.3, 0.4) is 0 Å². The highest BCUT2D eigenvalue weighted by atomic mass is 32.2. The van der Waals surface area contributed by atoms with Crippen molar-refractivity contribution in [3.63, 3.8) is 0 Å². The number of aryl methyl sites for hydroxylation is 1. The average molecular weight is 286 g/mol. The van der Waals surface area contributed by atoms with Gasteiger partial charge in [-0.3, -0.25) is 0 Å². The lowest BCUT2D eigenvalue weighted by molar-refractivity contribution is 0.270. The largest absolute Gasteiger partial charge is 0.390 e. The zero-order valence-electron chi connectivity index (χ0n) is 11.3. The van der Waals surface area contributed by atoms with Gasteiger partial charge in [0.05, 0.1) is 11.5 Å². The predicted molar refractivity (Wildman–Crippen MR) is 73.2 cm³/mol. The van der Waals surface area contributed by atoms with E-state index in [9.17, 15) is 13.5 Å². The van der Waals surface area contributed by atoms with Gasteiger partial charge < -0.3 is 9.67 Å². The Morgan fingerprint density at radius 1 is 1.47 bits per heavy atom. The Morgan fingerprint density at radius 3 is 2.79 bits per heavy atom. The van der Waals surface area contributed by atoms with Crippen molar-refractivity contribution in [2.75, 3.05) is 6.54 Å². The van der Waals surface area contributed by atoms with Gasteiger partial charge >= 0.3 is 0 Å². The van der Waals surface area contributed by atoms with E-state index in [4.69, 9.17) is 0 Å². The molecule has 1 aliphatic rings. The summed E-state index contributed by atoms with van der Waals surface area (Å²) in [6, 6.07) is 1.55. The fourth-order valence-electron chi connectivity index (χ4n) is 2.14. The maximum absolute atomic E-state index is 12.1. The van der Waals surface area contributed by atoms with Crippen molar-refractivity contribution >= 4 is 10.0 Å². The molecule has 0 aliphatic heterocycles. The number of nitrogens with one attached hydrogen (secondary N) is 1. The molecule has 0 spiro atoms. The summed E-state index contributed by atoms with van der Waals surface area (Å²) in [5, 5.41) is 9.25. The molecule has 5 nitrogen and oxygen atoms in total. The second kappa shape index (κ2) is 6.07. The summed E-state index contributed by atoms with van der Waals surface area (Å²) in [4.78, 5) is 0.251. The van der Waals surface area contributed by atoms with E-state index in [0.29, 0.717) is 24.7 Å². The molecule has 19 heavy (non-hydrogen) atoms. The quantitative estimate of drug-likeness (QED) is 0.760. The zero-order valence-corrected chi connectivity index (χ0v) is 12.1. The zero-order chi connectivity index (χ0) is 13.9. The number of sulfonamides is 1. The average Bonchev–Trinajstić information content (AvgIpc) is 3.08. The summed E-state index contributed by atoms with van der Waals surface area (Å²) in [6.07, 6.45) is 5.87. The summed E-state index contributed by atoms with van der Waals surface area (Å²) in [7, 11) is -3.44. The molecule has 1 heterocycles. The number of hydrogen-bond acceptors (Lipinski definition) is 3. The van der Waals surface area contributed by atoms with Crippen LogP contribution in [-0.2, 0) is 23.2 Å². The highest BCUT2D eigenvalue weighted by Crippen LogP contribution is 2.31. The first-order valence-electron chi connectivity index (χ1n) is 6.86. The lowest BCUT2D eigenvalue weighted by Crippen LogP contribution is -2.24. The number of hydrogen-bond donors (Lipinski definition) is 2. The predicted octanol–water partition coefficient (Wildman–Crippen LogP) is 1.47. The molecule has 0 saturated heterocycles. The summed E-state index contributed by atoms with van der Waals surface area (Å²) >= 11 is 0. The van der Waals surface area contributed by atoms with E-state index in [1.54, 1.807) is 16.8 Å². The SMILES string of the molecule is CCCn1cc(S(=O)(=O)NCCC2CC2)cc1CO. The Hall–Kier alpha value is -0.850. The number of aromatic nitrogens is 1. The molecule has 2 N–H and O–H groups in total. The lowest BCUT2D eigenvalue weighted by Gasteiger charge is -2.04. The van der Waals surface area contributed by atoms with Crippen molar-refractivity contribution in [3.8, 4) is 0 Å². The molecule has 6 heteroatoms. The van der Waals surface area contributed by atoms with Crippen LogP contribution in [0.1, 0.15) is 38.3 Å². The van der Waals surface area contributed by atoms with Gasteiger partial charge in [-0.05, 0) is 24.8 Å². The molecular formula is C13H22N2O3S. The third kappa shape index (κ3) is 3.81. The van der Waals surface area contributed by atoms with Crippen LogP contribution in [0.2, 0.25) is 0 Å². The van der Waals surface area contributed by atoms with Gasteiger partial charge in [-0.25, -0.2) is 13.1 Å². The highest BCUT2D eigenvalue weighted by Gasteiger charge is 2.23. The van der Waals surface area contributed by atoms with E-state index in [2.05, 4.69) is 4.72 Å². The first kappa shape index (κ1) is 14.6. The van der Waals surface area contributed by atoms with Crippen LogP contribution in [0.5, 0.6) is 0 Å². The molecule has 1 saturated carbocycles. The van der Waals surface area contributed by atoms with E-state index < -0.39 is 10.0 Å². The Kier molecular flexibility index (Phi) is 4.65. The van der Waals surface area contributed by atoms with E-state index in [1.165, 1.54) is 12.8 Å². The van der Waals surface area contributed by atoms with Crippen molar-refractivity contribution < 1.29 is 13.5 Å². The normalized spacial score (nSPS) is 15.9. The minimum atomic E-state index is -3.44. The van der Waals surface area contributed by atoms with Gasteiger partial charge in [0.2, 0.25) is 10.0 Å². The molecule has 1 fully saturated rings. The van der Waals surface area contributed by atoms with Crippen molar-refractivity contribution in [2.24, 2.45) is 5.92 Å². The molecule has 0 atom stereocenters. The van der Waals surface area contributed by atoms with Crippen molar-refractivity contribution in [1.29, 1.82) is 0 Å². The number of aliphatic hydroxyl groups excluding tert-OH is 1. The van der Waals surface area contributed by atoms with E-state index in [0.717, 1.165) is 12.8 Å². The van der Waals surface area contributed by atoms with E-state index in [1.807, 2.05) is 6.92 Å². The summed E-state index contributed by atoms with van der Waals surface area (Å²) in [5.41, 5.74) is 0.643. The summed E-state index contributed by atoms with van der Waals surface area (Å²) in [6.45, 7) is 3.09. The molecule has 1 aliphatic carbocycles. The molecule has 108 valence electrons. The molecule has 1 aromatic heterocycles. The van der Waals surface area contributed by atoms with Crippen LogP contribution in [0.15, 0.2) is 17.2 Å². The molecular weight excluding hydrogens is 264 g/mol. The van der Waals surface area contributed by atoms with Gasteiger partial charge in [-0.2, -0.15) is 0 Å². The van der Waals surface area contributed by atoms with Crippen LogP contribution in [0.25, 0.3) is 0 Å². The first-order valence-corrected chi connectivity index (χ1v) is 8.34. The monoisotopic (exact) mass is 286 g/mol. The second-order valence-corrected chi connectivity index (χ2v) is 6.92. The third-order valence-electron chi connectivity index (χ3n) is 3.44. The molecule has 0 unspecified atom stereocenters. The van der Waals surface area contributed by atoms with Crippen LogP contribution < -0.4 is 4.72 Å². The standard InChI is InChI=1S/C13H22N2O3S/c1-2-7-15-9-13(8-12(15)10-16)19(17,18)14-6-5-11-3-4-11/h8-9,11,14,16H,2-7,10H2,1H3. The van der Waals surface area contributed by atoms with Crippen LogP contribution in [0, 0.1) is 5.92 Å². The Morgan fingerprint density at radius 2 is 2.21 bits per heavy atom. The molecule has 0 bridgehead atoms. The van der Waals surface area contributed by atoms with Crippen molar-refractivity contribution in [3.05, 3.63) is 18.0 Å². The lowest BCUT2D eigenvalue weighted by atomic mass is 10.3. The van der Waals surface area contributed by atoms with Gasteiger partial charge in [0.25, 0.3) is 0 Å². The van der Waals surface area contributed by atoms with Gasteiger partial charge in [0.15, 0.2) is 0 Å². The number of aliphatic hydroxyl groups is 1. The molecule has 1 aromatic rings. The topological polar surface area (TPSA) is 71.3 Å². The molecule has 2 rings (SSSR count). The molecule has 0 radical (unpaired) electrons. The Bertz CT molecular complexity index is 518. The van der Waals surface area contributed by atoms with Gasteiger partial charge in [-0.1, -0.05) is 19.8 Å². The fourth-order valence-corrected chi connectivity index (χ4v) is 3.25. The molecule has 0 aromatic carbocycles. The minimum absolute atomic E-state index is 0.141. The summed E-state index contributed by atoms with van der Waals surface area (Å²) in [5.74, 6) is 0.709. The van der Waals surface area contributed by atoms with Crippen LogP contribution in [-0.4, -0.2) is 24.6 Å². The first-order chi connectivity index (χ1) is 9.06. The Labute approximate surface area is 114 Å². The van der Waals surface area contributed by atoms with E-state index in [-0.39, 0.29) is 11.5 Å². The van der Waals surface area contributed by atoms with Crippen molar-refractivity contribution in [1.82, 2.24) is 9.29 Å². The summed E-state index contributed by atoms with van der Waals surface area (Å²) < 4.78 is 28.7. The van der Waals surface area contributed by atoms with Crippen LogP contribution >= 0.6 is 0 Å². The van der Waals surface area contributed by atoms with Gasteiger partial charge in [-0.15, -0.1) is 0 Å². The smallest absolute Gasteiger partial charge is 0.242 e. The second-order valence-electron chi connectivity index (χ2n) is 5.15. The van der Waals surface area contributed by atoms with Gasteiger partial charge in [0, 0.05) is 25.0 Å². The van der Waals surface area contributed by atoms with Crippen molar-refractivity contribution in [2.45, 2.75) is 50.7 Å². The maximum Gasteiger partial charge on any atom is 0.242 e. The third-order valence-corrected chi connectivity index (χ3v) is 4.87. The maximum atomic E-state index is 12.1. The number of rotatable bonds is 8. The molecule has 0 amide bonds. The number of nitrogens with zero attached hydrogens (tertiary/aromatic N) is 1. The minimum Gasteiger partial charge on any atom is -0.390 e. The Balaban J connectivity index is 2.05. The highest BCUT2D eigenvalue weighted by molar-refractivity contribution is 7.89.